The van der Waals surface area contributed by atoms with E-state index in [1.165, 1.54) is 16.8 Å². The molecule has 26 heavy (non-hydrogen) atoms. The Hall–Kier alpha value is -2.08. The fourth-order valence-electron chi connectivity index (χ4n) is 3.67. The summed E-state index contributed by atoms with van der Waals surface area (Å²) in [5.41, 5.74) is 5.83. The van der Waals surface area contributed by atoms with Crippen molar-refractivity contribution in [2.75, 3.05) is 33.3 Å². The van der Waals surface area contributed by atoms with Crippen molar-refractivity contribution >= 4 is 5.91 Å². The summed E-state index contributed by atoms with van der Waals surface area (Å²) in [6.45, 7) is 11.8. The van der Waals surface area contributed by atoms with Gasteiger partial charge in [-0.1, -0.05) is 6.08 Å². The largest absolute Gasteiger partial charge is 0.377 e. The van der Waals surface area contributed by atoms with E-state index in [2.05, 4.69) is 36.0 Å². The third-order valence-corrected chi connectivity index (χ3v) is 5.79. The van der Waals surface area contributed by atoms with Crippen molar-refractivity contribution < 1.29 is 9.53 Å². The number of allylic oxidation sites excluding steroid dienone is 2. The van der Waals surface area contributed by atoms with Crippen molar-refractivity contribution in [2.24, 2.45) is 0 Å². The highest BCUT2D eigenvalue weighted by molar-refractivity contribution is 5.76. The van der Waals surface area contributed by atoms with Crippen molar-refractivity contribution in [3.05, 3.63) is 40.4 Å². The second-order valence-electron chi connectivity index (χ2n) is 7.32. The Balaban J connectivity index is 1.57. The monoisotopic (exact) mass is 358 g/mol. The van der Waals surface area contributed by atoms with Gasteiger partial charge in [-0.25, -0.2) is 0 Å². The summed E-state index contributed by atoms with van der Waals surface area (Å²) >= 11 is 0. The molecule has 2 heterocycles. The number of piperazine rings is 1. The summed E-state index contributed by atoms with van der Waals surface area (Å²) in [7, 11) is 1.77. The number of methoxy groups -OCH3 is 1. The molecule has 1 amide bonds. The summed E-state index contributed by atoms with van der Waals surface area (Å²) in [6.07, 6.45) is 5.43. The van der Waals surface area contributed by atoms with Gasteiger partial charge in [-0.05, 0) is 44.9 Å². The van der Waals surface area contributed by atoms with Gasteiger partial charge in [-0.15, -0.1) is 0 Å². The number of rotatable bonds is 4. The molecule has 1 aromatic rings. The van der Waals surface area contributed by atoms with Crippen molar-refractivity contribution in [3.63, 3.8) is 0 Å². The van der Waals surface area contributed by atoms with Gasteiger partial charge in [-0.3, -0.25) is 9.48 Å². The summed E-state index contributed by atoms with van der Waals surface area (Å²) in [6, 6.07) is 0. The molecule has 0 aromatic carbocycles. The van der Waals surface area contributed by atoms with E-state index in [0.717, 1.165) is 44.0 Å². The molecule has 0 spiro atoms. The van der Waals surface area contributed by atoms with Crippen molar-refractivity contribution in [3.8, 4) is 0 Å². The van der Waals surface area contributed by atoms with E-state index in [-0.39, 0.29) is 12.0 Å². The van der Waals surface area contributed by atoms with E-state index in [0.29, 0.717) is 6.54 Å². The summed E-state index contributed by atoms with van der Waals surface area (Å²) in [4.78, 5) is 17.0. The molecule has 3 rings (SSSR count). The van der Waals surface area contributed by atoms with E-state index in [4.69, 9.17) is 4.74 Å². The molecule has 0 radical (unpaired) electrons. The molecule has 1 saturated heterocycles. The zero-order valence-corrected chi connectivity index (χ0v) is 16.6. The lowest BCUT2D eigenvalue weighted by Crippen LogP contribution is -2.49. The van der Waals surface area contributed by atoms with Crippen LogP contribution in [0.1, 0.15) is 30.3 Å². The van der Waals surface area contributed by atoms with E-state index in [1.807, 2.05) is 23.4 Å². The van der Waals surface area contributed by atoms with Crippen LogP contribution in [0.2, 0.25) is 0 Å². The molecule has 0 N–H and O–H groups in total. The Bertz CT molecular complexity index is 739. The first-order valence-corrected chi connectivity index (χ1v) is 9.34. The lowest BCUT2D eigenvalue weighted by molar-refractivity contribution is -0.133. The van der Waals surface area contributed by atoms with Crippen LogP contribution in [0.5, 0.6) is 0 Å². The van der Waals surface area contributed by atoms with Crippen molar-refractivity contribution in [1.82, 2.24) is 19.6 Å². The molecule has 1 fully saturated rings. The van der Waals surface area contributed by atoms with Gasteiger partial charge in [0.25, 0.3) is 0 Å². The van der Waals surface area contributed by atoms with E-state index in [1.54, 1.807) is 7.11 Å². The minimum Gasteiger partial charge on any atom is -0.377 e. The van der Waals surface area contributed by atoms with Gasteiger partial charge in [0.1, 0.15) is 6.54 Å². The maximum Gasteiger partial charge on any atom is 0.244 e. The van der Waals surface area contributed by atoms with Gasteiger partial charge >= 0.3 is 0 Å². The molecular formula is C20H30N4O2. The lowest BCUT2D eigenvalue weighted by Gasteiger charge is -2.39. The highest BCUT2D eigenvalue weighted by Gasteiger charge is 2.26. The molecular weight excluding hydrogens is 328 g/mol. The minimum absolute atomic E-state index is 0.151. The number of aryl methyl sites for hydroxylation is 1. The molecule has 1 aliphatic heterocycles. The van der Waals surface area contributed by atoms with Crippen LogP contribution in [0.3, 0.4) is 0 Å². The first-order valence-electron chi connectivity index (χ1n) is 9.34. The van der Waals surface area contributed by atoms with Crippen molar-refractivity contribution in [1.29, 1.82) is 0 Å². The summed E-state index contributed by atoms with van der Waals surface area (Å²) < 4.78 is 7.40. The number of nitrogens with zero attached hydrogens (tertiary/aromatic N) is 4. The molecule has 142 valence electrons. The number of aromatic nitrogens is 2. The predicted octanol–water partition coefficient (Wildman–Crippen LogP) is 2.20. The Morgan fingerprint density at radius 3 is 2.42 bits per heavy atom. The Morgan fingerprint density at radius 1 is 1.15 bits per heavy atom. The van der Waals surface area contributed by atoms with Crippen molar-refractivity contribution in [2.45, 2.75) is 46.8 Å². The van der Waals surface area contributed by atoms with Crippen LogP contribution < -0.4 is 0 Å². The van der Waals surface area contributed by atoms with Crippen LogP contribution in [0.15, 0.2) is 23.4 Å². The van der Waals surface area contributed by atoms with Crippen LogP contribution in [-0.4, -0.2) is 64.9 Å². The maximum atomic E-state index is 12.7. The van der Waals surface area contributed by atoms with Gasteiger partial charge in [0.2, 0.25) is 5.91 Å². The van der Waals surface area contributed by atoms with Crippen LogP contribution >= 0.6 is 0 Å². The molecule has 0 saturated carbocycles. The Morgan fingerprint density at radius 2 is 1.85 bits per heavy atom. The molecule has 1 aromatic heterocycles. The molecule has 6 heteroatoms. The smallest absolute Gasteiger partial charge is 0.244 e. The van der Waals surface area contributed by atoms with Crippen LogP contribution in [-0.2, 0) is 16.1 Å². The third kappa shape index (κ3) is 3.70. The van der Waals surface area contributed by atoms with Gasteiger partial charge in [0.15, 0.2) is 0 Å². The van der Waals surface area contributed by atoms with E-state index in [9.17, 15) is 4.79 Å². The third-order valence-electron chi connectivity index (χ3n) is 5.79. The fraction of sp³-hybridized carbons (Fsp3) is 0.600. The summed E-state index contributed by atoms with van der Waals surface area (Å²) in [5, 5.41) is 4.49. The van der Waals surface area contributed by atoms with E-state index >= 15 is 0 Å². The molecule has 6 nitrogen and oxygen atoms in total. The second kappa shape index (κ2) is 7.66. The van der Waals surface area contributed by atoms with Gasteiger partial charge in [0, 0.05) is 51.1 Å². The van der Waals surface area contributed by atoms with Gasteiger partial charge in [-0.2, -0.15) is 5.10 Å². The highest BCUT2D eigenvalue weighted by atomic mass is 16.5. The zero-order valence-electron chi connectivity index (χ0n) is 16.6. The number of amides is 1. The fourth-order valence-corrected chi connectivity index (χ4v) is 3.67. The second-order valence-corrected chi connectivity index (χ2v) is 7.32. The highest BCUT2D eigenvalue weighted by Crippen LogP contribution is 2.24. The van der Waals surface area contributed by atoms with Gasteiger partial charge in [0.05, 0.1) is 11.8 Å². The molecule has 2 aliphatic rings. The number of carbonyl (C=O) groups is 1. The maximum absolute atomic E-state index is 12.7. The molecule has 1 unspecified atom stereocenters. The Labute approximate surface area is 156 Å². The lowest BCUT2D eigenvalue weighted by atomic mass is 9.99. The van der Waals surface area contributed by atoms with Crippen LogP contribution in [0.4, 0.5) is 0 Å². The SMILES string of the molecule is COC1CC(N2CCN(C(=O)Cn3nc(C)c(C)c3C)CC2)=CC=C1C. The predicted molar refractivity (Wildman–Crippen MR) is 102 cm³/mol. The first kappa shape index (κ1) is 18.7. The number of hydrogen-bond acceptors (Lipinski definition) is 4. The first-order chi connectivity index (χ1) is 12.4. The standard InChI is InChI=1S/C20H30N4O2/c1-14-6-7-18(12-19(14)26-5)22-8-10-23(11-9-22)20(25)13-24-17(4)15(2)16(3)21-24/h6-7,19H,8-13H2,1-5H3. The quantitative estimate of drug-likeness (QED) is 0.828. The normalized spacial score (nSPS) is 20.9. The zero-order chi connectivity index (χ0) is 18.8. The molecule has 0 bridgehead atoms. The van der Waals surface area contributed by atoms with E-state index < -0.39 is 0 Å². The molecule has 1 aliphatic carbocycles. The van der Waals surface area contributed by atoms with Crippen LogP contribution in [0, 0.1) is 20.8 Å². The Kier molecular flexibility index (Phi) is 5.51. The topological polar surface area (TPSA) is 50.6 Å². The number of hydrogen-bond donors (Lipinski definition) is 0. The number of carbonyl (C=O) groups excluding carboxylic acids is 1. The number of ether oxygens (including phenoxy) is 1. The van der Waals surface area contributed by atoms with Crippen LogP contribution in [0.25, 0.3) is 0 Å². The van der Waals surface area contributed by atoms with Gasteiger partial charge < -0.3 is 14.5 Å². The summed E-state index contributed by atoms with van der Waals surface area (Å²) in [5.74, 6) is 0.151. The average molecular weight is 358 g/mol. The average Bonchev–Trinajstić information content (AvgIpc) is 2.89. The molecule has 1 atom stereocenters. The minimum atomic E-state index is 0.151.